The van der Waals surface area contributed by atoms with Crippen LogP contribution < -0.4 is 4.90 Å². The minimum Gasteiger partial charge on any atom is -0.308 e. The maximum absolute atomic E-state index is 13.0. The van der Waals surface area contributed by atoms with Crippen molar-refractivity contribution < 1.29 is 22.8 Å². The molecule has 0 saturated carbocycles. The third-order valence-corrected chi connectivity index (χ3v) is 5.38. The van der Waals surface area contributed by atoms with Crippen molar-refractivity contribution in [3.05, 3.63) is 53.9 Å². The van der Waals surface area contributed by atoms with Crippen molar-refractivity contribution >= 4 is 29.4 Å². The van der Waals surface area contributed by atoms with Crippen molar-refractivity contribution in [3.8, 4) is 0 Å². The Morgan fingerprint density at radius 2 is 1.77 bits per heavy atom. The second kappa shape index (κ2) is 8.65. The lowest BCUT2D eigenvalue weighted by Gasteiger charge is -2.22. The lowest BCUT2D eigenvalue weighted by Crippen LogP contribution is -2.34. The van der Waals surface area contributed by atoms with Gasteiger partial charge in [0.2, 0.25) is 0 Å². The summed E-state index contributed by atoms with van der Waals surface area (Å²) in [5.74, 6) is -0.417. The largest absolute Gasteiger partial charge is 0.446 e. The Balaban J connectivity index is 1.81. The highest BCUT2D eigenvalue weighted by Gasteiger charge is 2.43. The highest BCUT2D eigenvalue weighted by atomic mass is 32.2. The standard InChI is InChI=1S/C20H21F3N4O2S/c1-13-18(28)27(16-4-6-17(7-5-16)30-20(21,22)23)19(29)26(13)12-14-8-9-24-10-15(14)11-25(2)3/h4-10,13H,11-12H2,1-3H3. The molecule has 1 aliphatic heterocycles. The topological polar surface area (TPSA) is 56.8 Å². The minimum atomic E-state index is -4.40. The zero-order valence-corrected chi connectivity index (χ0v) is 17.5. The van der Waals surface area contributed by atoms with Crippen LogP contribution in [-0.2, 0) is 17.9 Å². The van der Waals surface area contributed by atoms with E-state index in [1.54, 1.807) is 19.3 Å². The van der Waals surface area contributed by atoms with Crippen molar-refractivity contribution in [2.75, 3.05) is 19.0 Å². The molecule has 1 aromatic carbocycles. The van der Waals surface area contributed by atoms with Crippen LogP contribution in [0.4, 0.5) is 23.7 Å². The van der Waals surface area contributed by atoms with Crippen LogP contribution in [0.3, 0.4) is 0 Å². The summed E-state index contributed by atoms with van der Waals surface area (Å²) in [5.41, 5.74) is -2.33. The Labute approximate surface area is 176 Å². The van der Waals surface area contributed by atoms with Crippen LogP contribution >= 0.6 is 11.8 Å². The van der Waals surface area contributed by atoms with Crippen LogP contribution in [0.25, 0.3) is 0 Å². The highest BCUT2D eigenvalue weighted by Crippen LogP contribution is 2.38. The zero-order chi connectivity index (χ0) is 22.1. The Morgan fingerprint density at radius 3 is 2.37 bits per heavy atom. The lowest BCUT2D eigenvalue weighted by molar-refractivity contribution is -0.119. The number of nitrogens with zero attached hydrogens (tertiary/aromatic N) is 4. The molecule has 2 heterocycles. The van der Waals surface area contributed by atoms with E-state index in [4.69, 9.17) is 0 Å². The maximum atomic E-state index is 13.0. The SMILES string of the molecule is CC1C(=O)N(c2ccc(SC(F)(F)F)cc2)C(=O)N1Cc1ccncc1CN(C)C. The molecule has 1 aliphatic rings. The third-order valence-electron chi connectivity index (χ3n) is 4.64. The first kappa shape index (κ1) is 22.1. The van der Waals surface area contributed by atoms with Gasteiger partial charge in [-0.3, -0.25) is 9.78 Å². The normalized spacial score (nSPS) is 17.4. The third kappa shape index (κ3) is 4.93. The van der Waals surface area contributed by atoms with Gasteiger partial charge in [0.05, 0.1) is 5.69 Å². The number of rotatable bonds is 6. The van der Waals surface area contributed by atoms with Gasteiger partial charge in [0.25, 0.3) is 5.91 Å². The number of anilines is 1. The van der Waals surface area contributed by atoms with Crippen molar-refractivity contribution in [2.45, 2.75) is 36.5 Å². The second-order valence-electron chi connectivity index (χ2n) is 7.18. The summed E-state index contributed by atoms with van der Waals surface area (Å²) < 4.78 is 37.6. The zero-order valence-electron chi connectivity index (χ0n) is 16.7. The summed E-state index contributed by atoms with van der Waals surface area (Å²) in [7, 11) is 3.85. The number of amides is 3. The summed E-state index contributed by atoms with van der Waals surface area (Å²) in [4.78, 5) is 34.3. The molecule has 0 spiro atoms. The number of benzene rings is 1. The molecule has 1 unspecified atom stereocenters. The number of hydrogen-bond acceptors (Lipinski definition) is 5. The second-order valence-corrected chi connectivity index (χ2v) is 8.32. The molecule has 0 aliphatic carbocycles. The van der Waals surface area contributed by atoms with Crippen LogP contribution in [0.2, 0.25) is 0 Å². The molecule has 10 heteroatoms. The van der Waals surface area contributed by atoms with Gasteiger partial charge >= 0.3 is 11.5 Å². The fourth-order valence-corrected chi connectivity index (χ4v) is 3.76. The van der Waals surface area contributed by atoms with E-state index in [0.717, 1.165) is 16.0 Å². The van der Waals surface area contributed by atoms with E-state index in [0.29, 0.717) is 6.54 Å². The van der Waals surface area contributed by atoms with Crippen molar-refractivity contribution in [2.24, 2.45) is 0 Å². The van der Waals surface area contributed by atoms with Gasteiger partial charge in [-0.25, -0.2) is 9.69 Å². The Bertz CT molecular complexity index is 934. The molecule has 1 aromatic heterocycles. The summed E-state index contributed by atoms with van der Waals surface area (Å²) in [6.45, 7) is 2.51. The first-order valence-electron chi connectivity index (χ1n) is 9.13. The number of carbonyl (C=O) groups excluding carboxylic acids is 2. The molecule has 6 nitrogen and oxygen atoms in total. The van der Waals surface area contributed by atoms with Crippen LogP contribution in [0.5, 0.6) is 0 Å². The monoisotopic (exact) mass is 438 g/mol. The number of halogens is 3. The Morgan fingerprint density at radius 1 is 1.10 bits per heavy atom. The number of alkyl halides is 3. The fourth-order valence-electron chi connectivity index (χ4n) is 3.22. The molecule has 1 fully saturated rings. The number of carbonyl (C=O) groups is 2. The predicted molar refractivity (Wildman–Crippen MR) is 108 cm³/mol. The number of urea groups is 1. The average molecular weight is 438 g/mol. The molecule has 0 radical (unpaired) electrons. The van der Waals surface area contributed by atoms with Gasteiger partial charge in [0.1, 0.15) is 6.04 Å². The maximum Gasteiger partial charge on any atom is 0.446 e. The van der Waals surface area contributed by atoms with E-state index in [1.165, 1.54) is 29.2 Å². The molecule has 1 atom stereocenters. The van der Waals surface area contributed by atoms with E-state index in [1.807, 2.05) is 25.1 Å². The minimum absolute atomic E-state index is 0.0136. The average Bonchev–Trinajstić information content (AvgIpc) is 2.86. The van der Waals surface area contributed by atoms with Gasteiger partial charge < -0.3 is 9.80 Å². The van der Waals surface area contributed by atoms with E-state index < -0.39 is 23.5 Å². The van der Waals surface area contributed by atoms with Crippen molar-refractivity contribution in [1.82, 2.24) is 14.8 Å². The molecule has 0 N–H and O–H groups in total. The van der Waals surface area contributed by atoms with Gasteiger partial charge in [-0.05, 0) is 74.2 Å². The first-order valence-corrected chi connectivity index (χ1v) is 9.95. The van der Waals surface area contributed by atoms with Crippen LogP contribution in [0, 0.1) is 0 Å². The van der Waals surface area contributed by atoms with Crippen molar-refractivity contribution in [3.63, 3.8) is 0 Å². The van der Waals surface area contributed by atoms with Gasteiger partial charge in [-0.2, -0.15) is 13.2 Å². The molecular weight excluding hydrogens is 417 g/mol. The Kier molecular flexibility index (Phi) is 6.37. The first-order chi connectivity index (χ1) is 14.1. The quantitative estimate of drug-likeness (QED) is 0.502. The smallest absolute Gasteiger partial charge is 0.308 e. The van der Waals surface area contributed by atoms with E-state index >= 15 is 0 Å². The summed E-state index contributed by atoms with van der Waals surface area (Å²) >= 11 is -0.246. The Hall–Kier alpha value is -2.59. The summed E-state index contributed by atoms with van der Waals surface area (Å²) in [6.07, 6.45) is 3.37. The molecule has 160 valence electrons. The predicted octanol–water partition coefficient (Wildman–Crippen LogP) is 4.11. The van der Waals surface area contributed by atoms with Gasteiger partial charge in [-0.1, -0.05) is 0 Å². The molecule has 3 rings (SSSR count). The van der Waals surface area contributed by atoms with E-state index in [2.05, 4.69) is 4.98 Å². The molecule has 2 aromatic rings. The van der Waals surface area contributed by atoms with E-state index in [9.17, 15) is 22.8 Å². The molecule has 1 saturated heterocycles. The molecular formula is C20H21F3N4O2S. The van der Waals surface area contributed by atoms with Crippen LogP contribution in [0.15, 0.2) is 47.6 Å². The van der Waals surface area contributed by atoms with E-state index in [-0.39, 0.29) is 28.9 Å². The molecule has 30 heavy (non-hydrogen) atoms. The number of imide groups is 1. The van der Waals surface area contributed by atoms with Gasteiger partial charge in [0, 0.05) is 30.4 Å². The number of hydrogen-bond donors (Lipinski definition) is 0. The summed E-state index contributed by atoms with van der Waals surface area (Å²) in [5, 5.41) is 0. The van der Waals surface area contributed by atoms with Gasteiger partial charge in [-0.15, -0.1) is 0 Å². The number of thioether (sulfide) groups is 1. The summed E-state index contributed by atoms with van der Waals surface area (Å²) in [6, 6.07) is 5.82. The number of aromatic nitrogens is 1. The lowest BCUT2D eigenvalue weighted by atomic mass is 10.1. The molecule has 0 bridgehead atoms. The van der Waals surface area contributed by atoms with Crippen LogP contribution in [-0.4, -0.2) is 52.4 Å². The van der Waals surface area contributed by atoms with Crippen LogP contribution in [0.1, 0.15) is 18.1 Å². The highest BCUT2D eigenvalue weighted by molar-refractivity contribution is 8.00. The molecule has 3 amide bonds. The van der Waals surface area contributed by atoms with Gasteiger partial charge in [0.15, 0.2) is 0 Å². The number of pyridine rings is 1. The fraction of sp³-hybridized carbons (Fsp3) is 0.350. The van der Waals surface area contributed by atoms with Crippen molar-refractivity contribution in [1.29, 1.82) is 0 Å².